The Hall–Kier alpha value is -5.85. The maximum atomic E-state index is 16.6. The molecule has 10 nitrogen and oxygen atoms in total. The third-order valence-corrected chi connectivity index (χ3v) is 8.02. The molecule has 51 heavy (non-hydrogen) atoms. The molecule has 0 aliphatic rings. The topological polar surface area (TPSA) is 131 Å². The summed E-state index contributed by atoms with van der Waals surface area (Å²) in [6.07, 6.45) is -6.30. The van der Waals surface area contributed by atoms with Gasteiger partial charge in [0.2, 0.25) is 12.0 Å². The minimum Gasteiger partial charge on any atom is -0.493 e. The SMILES string of the molecule is COc1cccc(CCN(CCC(=O)O)C(=O)c2ccccc2-c2ccccc2C(=O)NC(F)(c2ccccc2)C(F)C(F)OC(C)=O)c1OC. The lowest BCUT2D eigenvalue weighted by Gasteiger charge is -2.31. The molecule has 13 heteroatoms. The summed E-state index contributed by atoms with van der Waals surface area (Å²) in [7, 11) is 2.97. The number of ether oxygens (including phenoxy) is 3. The number of esters is 1. The van der Waals surface area contributed by atoms with E-state index in [1.54, 1.807) is 42.5 Å². The van der Waals surface area contributed by atoms with E-state index in [1.807, 2.05) is 5.32 Å². The van der Waals surface area contributed by atoms with Crippen molar-refractivity contribution in [3.8, 4) is 22.6 Å². The van der Waals surface area contributed by atoms with Crippen LogP contribution in [-0.4, -0.2) is 73.6 Å². The maximum absolute atomic E-state index is 16.6. The van der Waals surface area contributed by atoms with Crippen molar-refractivity contribution in [1.82, 2.24) is 10.2 Å². The molecule has 0 aromatic heterocycles. The van der Waals surface area contributed by atoms with E-state index in [0.29, 0.717) is 17.1 Å². The number of para-hydroxylation sites is 1. The third kappa shape index (κ3) is 9.04. The molecule has 0 spiro atoms. The number of halogens is 3. The Balaban J connectivity index is 1.71. The van der Waals surface area contributed by atoms with Gasteiger partial charge in [0.1, 0.15) is 0 Å². The van der Waals surface area contributed by atoms with Crippen LogP contribution in [0.2, 0.25) is 0 Å². The van der Waals surface area contributed by atoms with Crippen LogP contribution in [0, 0.1) is 0 Å². The second-order valence-corrected chi connectivity index (χ2v) is 11.3. The number of aliphatic carboxylic acids is 1. The van der Waals surface area contributed by atoms with Crippen LogP contribution in [-0.2, 0) is 26.5 Å². The summed E-state index contributed by atoms with van der Waals surface area (Å²) in [5, 5.41) is 11.4. The quantitative estimate of drug-likeness (QED) is 0.103. The average molecular weight is 707 g/mol. The average Bonchev–Trinajstić information content (AvgIpc) is 3.13. The number of rotatable bonds is 16. The highest BCUT2D eigenvalue weighted by Crippen LogP contribution is 2.35. The fraction of sp³-hybridized carbons (Fsp3) is 0.263. The Labute approximate surface area is 292 Å². The Bertz CT molecular complexity index is 1860. The molecule has 2 amide bonds. The molecule has 3 unspecified atom stereocenters. The van der Waals surface area contributed by atoms with Crippen molar-refractivity contribution in [2.45, 2.75) is 38.1 Å². The van der Waals surface area contributed by atoms with Crippen LogP contribution >= 0.6 is 0 Å². The van der Waals surface area contributed by atoms with Crippen LogP contribution in [0.5, 0.6) is 11.5 Å². The summed E-state index contributed by atoms with van der Waals surface area (Å²) < 4.78 is 62.0. The number of amides is 2. The number of nitrogens with zero attached hydrogens (tertiary/aromatic N) is 1. The first-order valence-corrected chi connectivity index (χ1v) is 15.8. The molecule has 0 saturated heterocycles. The monoisotopic (exact) mass is 706 g/mol. The van der Waals surface area contributed by atoms with Crippen molar-refractivity contribution in [1.29, 1.82) is 0 Å². The summed E-state index contributed by atoms with van der Waals surface area (Å²) in [6, 6.07) is 23.9. The second-order valence-electron chi connectivity index (χ2n) is 11.3. The molecular formula is C38H37F3N2O8. The van der Waals surface area contributed by atoms with Crippen LogP contribution in [0.4, 0.5) is 13.2 Å². The molecular weight excluding hydrogens is 669 g/mol. The van der Waals surface area contributed by atoms with Gasteiger partial charge in [0, 0.05) is 36.7 Å². The van der Waals surface area contributed by atoms with Crippen LogP contribution in [0.25, 0.3) is 11.1 Å². The van der Waals surface area contributed by atoms with Crippen molar-refractivity contribution in [2.75, 3.05) is 27.3 Å². The van der Waals surface area contributed by atoms with E-state index in [0.717, 1.165) is 19.1 Å². The first-order valence-electron chi connectivity index (χ1n) is 15.8. The largest absolute Gasteiger partial charge is 0.493 e. The summed E-state index contributed by atoms with van der Waals surface area (Å²) in [5.41, 5.74) is 0.548. The number of hydrogen-bond donors (Lipinski definition) is 2. The van der Waals surface area contributed by atoms with Crippen molar-refractivity contribution >= 4 is 23.8 Å². The van der Waals surface area contributed by atoms with Crippen molar-refractivity contribution in [3.05, 3.63) is 119 Å². The van der Waals surface area contributed by atoms with Gasteiger partial charge in [-0.05, 0) is 41.3 Å². The van der Waals surface area contributed by atoms with Gasteiger partial charge in [0.25, 0.3) is 18.2 Å². The van der Waals surface area contributed by atoms with E-state index >= 15 is 8.78 Å². The van der Waals surface area contributed by atoms with E-state index in [-0.39, 0.29) is 48.2 Å². The zero-order valence-electron chi connectivity index (χ0n) is 28.1. The number of alkyl halides is 3. The molecule has 0 aliphatic carbocycles. The van der Waals surface area contributed by atoms with Crippen molar-refractivity contribution < 1.29 is 51.7 Å². The van der Waals surface area contributed by atoms with Gasteiger partial charge >= 0.3 is 11.9 Å². The number of carbonyl (C=O) groups is 4. The molecule has 0 radical (unpaired) electrons. The number of carbonyl (C=O) groups excluding carboxylic acids is 3. The second kappa shape index (κ2) is 17.2. The Morgan fingerprint density at radius 3 is 2.02 bits per heavy atom. The molecule has 2 N–H and O–H groups in total. The number of benzene rings is 4. The summed E-state index contributed by atoms with van der Waals surface area (Å²) in [4.78, 5) is 52.3. The number of hydrogen-bond acceptors (Lipinski definition) is 7. The summed E-state index contributed by atoms with van der Waals surface area (Å²) in [5.74, 6) is -6.58. The van der Waals surface area contributed by atoms with E-state index in [4.69, 9.17) is 9.47 Å². The fourth-order valence-corrected chi connectivity index (χ4v) is 5.55. The predicted octanol–water partition coefficient (Wildman–Crippen LogP) is 6.28. The lowest BCUT2D eigenvalue weighted by molar-refractivity contribution is -0.173. The molecule has 0 heterocycles. The van der Waals surface area contributed by atoms with E-state index in [2.05, 4.69) is 4.74 Å². The highest BCUT2D eigenvalue weighted by molar-refractivity contribution is 6.06. The zero-order chi connectivity index (χ0) is 37.1. The molecule has 0 fully saturated rings. The van der Waals surface area contributed by atoms with Crippen molar-refractivity contribution in [3.63, 3.8) is 0 Å². The molecule has 0 bridgehead atoms. The Kier molecular flexibility index (Phi) is 12.8. The standard InChI is InChI=1S/C38H37F3N2O8/c1-24(44)51-35(40)34(39)38(41,26-13-5-4-6-14-26)42-36(47)29-17-9-7-15-27(29)28-16-8-10-18-30(28)37(48)43(23-21-32(45)46)22-20-25-12-11-19-31(49-2)33(25)50-3/h4-19,34-35H,20-23H2,1-3H3,(H,42,47)(H,45,46). The summed E-state index contributed by atoms with van der Waals surface area (Å²) >= 11 is 0. The van der Waals surface area contributed by atoms with Gasteiger partial charge in [0.15, 0.2) is 11.5 Å². The molecule has 0 aliphatic heterocycles. The minimum absolute atomic E-state index is 0.0815. The Morgan fingerprint density at radius 2 is 1.41 bits per heavy atom. The van der Waals surface area contributed by atoms with Crippen LogP contribution < -0.4 is 14.8 Å². The van der Waals surface area contributed by atoms with Gasteiger partial charge in [-0.1, -0.05) is 78.9 Å². The molecule has 0 saturated carbocycles. The normalized spacial score (nSPS) is 13.2. The van der Waals surface area contributed by atoms with Crippen LogP contribution in [0.1, 0.15) is 45.2 Å². The maximum Gasteiger partial charge on any atom is 0.305 e. The number of methoxy groups -OCH3 is 2. The molecule has 3 atom stereocenters. The number of carboxylic acids is 1. The van der Waals surface area contributed by atoms with Crippen LogP contribution in [0.3, 0.4) is 0 Å². The fourth-order valence-electron chi connectivity index (χ4n) is 5.55. The summed E-state index contributed by atoms with van der Waals surface area (Å²) in [6.45, 7) is 0.759. The Morgan fingerprint density at radius 1 is 0.804 bits per heavy atom. The van der Waals surface area contributed by atoms with Gasteiger partial charge in [-0.2, -0.15) is 4.39 Å². The number of carboxylic acid groups (broad SMARTS) is 1. The number of nitrogens with one attached hydrogen (secondary N) is 1. The van der Waals surface area contributed by atoms with Crippen LogP contribution in [0.15, 0.2) is 97.1 Å². The first kappa shape index (κ1) is 38.0. The molecule has 268 valence electrons. The van der Waals surface area contributed by atoms with E-state index in [1.165, 1.54) is 61.6 Å². The smallest absolute Gasteiger partial charge is 0.305 e. The zero-order valence-corrected chi connectivity index (χ0v) is 28.1. The van der Waals surface area contributed by atoms with Gasteiger partial charge in [-0.25, -0.2) is 8.78 Å². The van der Waals surface area contributed by atoms with Gasteiger partial charge < -0.3 is 29.5 Å². The molecule has 4 aromatic rings. The predicted molar refractivity (Wildman–Crippen MR) is 182 cm³/mol. The lowest BCUT2D eigenvalue weighted by Crippen LogP contribution is -2.53. The van der Waals surface area contributed by atoms with E-state index in [9.17, 15) is 28.7 Å². The van der Waals surface area contributed by atoms with Crippen molar-refractivity contribution in [2.24, 2.45) is 0 Å². The lowest BCUT2D eigenvalue weighted by atomic mass is 9.93. The highest BCUT2D eigenvalue weighted by Gasteiger charge is 2.49. The van der Waals surface area contributed by atoms with Gasteiger partial charge in [-0.15, -0.1) is 0 Å². The molecule has 4 aromatic carbocycles. The third-order valence-electron chi connectivity index (χ3n) is 8.02. The van der Waals surface area contributed by atoms with Gasteiger partial charge in [-0.3, -0.25) is 19.2 Å². The van der Waals surface area contributed by atoms with E-state index < -0.39 is 47.6 Å². The minimum atomic E-state index is -3.50. The first-order chi connectivity index (χ1) is 24.4. The highest BCUT2D eigenvalue weighted by atomic mass is 19.2. The van der Waals surface area contributed by atoms with Gasteiger partial charge in [0.05, 0.1) is 20.6 Å². The molecule has 4 rings (SSSR count).